The lowest BCUT2D eigenvalue weighted by Crippen LogP contribution is -2.09. The minimum atomic E-state index is 0.0574. The molecule has 3 aromatic carbocycles. The lowest BCUT2D eigenvalue weighted by Gasteiger charge is -2.25. The summed E-state index contributed by atoms with van der Waals surface area (Å²) in [5, 5.41) is 8.87. The molecule has 0 bridgehead atoms. The smallest absolute Gasteiger partial charge is 0.0615 e. The minimum absolute atomic E-state index is 0.0574. The lowest BCUT2D eigenvalue weighted by molar-refractivity contribution is 0.343. The minimum Gasteiger partial charge on any atom is -0.392 e. The molecule has 0 saturated heterocycles. The van der Waals surface area contributed by atoms with Crippen LogP contribution in [0.1, 0.15) is 5.56 Å². The number of aliphatic hydroxyl groups excluding tert-OH is 1. The molecule has 0 radical (unpaired) electrons. The fourth-order valence-electron chi connectivity index (χ4n) is 2.52. The Hall–Kier alpha value is -2.84. The molecule has 0 spiro atoms. The third-order valence-electron chi connectivity index (χ3n) is 3.60. The Morgan fingerprint density at radius 1 is 0.652 bits per heavy atom. The first-order valence-electron chi connectivity index (χ1n) is 7.66. The van der Waals surface area contributed by atoms with Crippen molar-refractivity contribution in [1.29, 1.82) is 0 Å². The molecule has 3 rings (SSSR count). The Balaban J connectivity index is 2.00. The van der Waals surface area contributed by atoms with E-state index in [4.69, 9.17) is 5.11 Å². The van der Waals surface area contributed by atoms with Crippen molar-refractivity contribution in [3.8, 4) is 0 Å². The fourth-order valence-corrected chi connectivity index (χ4v) is 2.52. The second-order valence-electron chi connectivity index (χ2n) is 5.18. The highest BCUT2D eigenvalue weighted by molar-refractivity contribution is 5.76. The van der Waals surface area contributed by atoms with Gasteiger partial charge in [-0.05, 0) is 42.0 Å². The van der Waals surface area contributed by atoms with Gasteiger partial charge in [-0.15, -0.1) is 0 Å². The Labute approximate surface area is 137 Å². The molecular formula is C21H19NO. The highest BCUT2D eigenvalue weighted by atomic mass is 16.2. The molecule has 0 fully saturated rings. The monoisotopic (exact) mass is 301 g/mol. The second-order valence-corrected chi connectivity index (χ2v) is 5.18. The summed E-state index contributed by atoms with van der Waals surface area (Å²) in [6.45, 7) is 0.0574. The molecule has 23 heavy (non-hydrogen) atoms. The molecule has 0 saturated carbocycles. The number of anilines is 3. The maximum Gasteiger partial charge on any atom is 0.0615 e. The van der Waals surface area contributed by atoms with Gasteiger partial charge in [-0.2, -0.15) is 0 Å². The van der Waals surface area contributed by atoms with Crippen molar-refractivity contribution in [2.75, 3.05) is 11.5 Å². The molecule has 2 heteroatoms. The zero-order valence-electron chi connectivity index (χ0n) is 12.8. The van der Waals surface area contributed by atoms with Gasteiger partial charge in [-0.1, -0.05) is 60.7 Å². The van der Waals surface area contributed by atoms with Gasteiger partial charge < -0.3 is 10.0 Å². The van der Waals surface area contributed by atoms with Gasteiger partial charge in [0.2, 0.25) is 0 Å². The van der Waals surface area contributed by atoms with Crippen molar-refractivity contribution < 1.29 is 5.11 Å². The second kappa shape index (κ2) is 7.43. The summed E-state index contributed by atoms with van der Waals surface area (Å²) in [5.41, 5.74) is 4.42. The predicted octanol–water partition coefficient (Wildman–Crippen LogP) is 5.16. The van der Waals surface area contributed by atoms with Crippen molar-refractivity contribution in [2.45, 2.75) is 0 Å². The topological polar surface area (TPSA) is 23.5 Å². The molecule has 0 unspecified atom stereocenters. The summed E-state index contributed by atoms with van der Waals surface area (Å²) in [6, 6.07) is 28.9. The van der Waals surface area contributed by atoms with Crippen LogP contribution in [-0.2, 0) is 0 Å². The van der Waals surface area contributed by atoms with Crippen molar-refractivity contribution in [1.82, 2.24) is 0 Å². The van der Waals surface area contributed by atoms with E-state index in [1.165, 1.54) is 0 Å². The van der Waals surface area contributed by atoms with Crippen LogP contribution < -0.4 is 4.90 Å². The van der Waals surface area contributed by atoms with Gasteiger partial charge in [0.25, 0.3) is 0 Å². The van der Waals surface area contributed by atoms with Crippen LogP contribution in [0.15, 0.2) is 91.0 Å². The van der Waals surface area contributed by atoms with E-state index in [-0.39, 0.29) is 6.61 Å². The summed E-state index contributed by atoms with van der Waals surface area (Å²) < 4.78 is 0. The Kier molecular flexibility index (Phi) is 4.87. The Morgan fingerprint density at radius 3 is 1.61 bits per heavy atom. The largest absolute Gasteiger partial charge is 0.392 e. The van der Waals surface area contributed by atoms with Crippen LogP contribution in [0, 0.1) is 0 Å². The van der Waals surface area contributed by atoms with Crippen LogP contribution in [0.5, 0.6) is 0 Å². The number of para-hydroxylation sites is 2. The van der Waals surface area contributed by atoms with E-state index in [9.17, 15) is 0 Å². The summed E-state index contributed by atoms with van der Waals surface area (Å²) in [5.74, 6) is 0. The predicted molar refractivity (Wildman–Crippen MR) is 97.2 cm³/mol. The maximum absolute atomic E-state index is 8.87. The highest BCUT2D eigenvalue weighted by Gasteiger charge is 2.10. The molecular weight excluding hydrogens is 282 g/mol. The molecule has 114 valence electrons. The summed E-state index contributed by atoms with van der Waals surface area (Å²) in [6.07, 6.45) is 3.65. The molecule has 0 atom stereocenters. The number of aliphatic hydroxyl groups is 1. The molecule has 0 aliphatic carbocycles. The normalized spacial score (nSPS) is 10.8. The van der Waals surface area contributed by atoms with Crippen LogP contribution in [0.4, 0.5) is 17.1 Å². The van der Waals surface area contributed by atoms with Crippen molar-refractivity contribution in [3.63, 3.8) is 0 Å². The SMILES string of the molecule is OCC=Cc1ccc(N(c2ccccc2)c2ccccc2)cc1. The van der Waals surface area contributed by atoms with Crippen molar-refractivity contribution >= 4 is 23.1 Å². The van der Waals surface area contributed by atoms with Gasteiger partial charge in [-0.3, -0.25) is 0 Å². The fraction of sp³-hybridized carbons (Fsp3) is 0.0476. The molecule has 2 nitrogen and oxygen atoms in total. The van der Waals surface area contributed by atoms with Crippen molar-refractivity contribution in [2.24, 2.45) is 0 Å². The van der Waals surface area contributed by atoms with E-state index in [1.54, 1.807) is 6.08 Å². The number of rotatable bonds is 5. The summed E-state index contributed by atoms with van der Waals surface area (Å²) in [7, 11) is 0. The molecule has 0 aliphatic heterocycles. The van der Waals surface area contributed by atoms with E-state index in [0.717, 1.165) is 22.6 Å². The standard InChI is InChI=1S/C21H19NO/c23-17-7-8-18-13-15-21(16-14-18)22(19-9-3-1-4-10-19)20-11-5-2-6-12-20/h1-16,23H,17H2. The number of benzene rings is 3. The first-order chi connectivity index (χ1) is 11.4. The average Bonchev–Trinajstić information content (AvgIpc) is 2.63. The maximum atomic E-state index is 8.87. The molecule has 1 N–H and O–H groups in total. The van der Waals surface area contributed by atoms with Gasteiger partial charge in [0.1, 0.15) is 0 Å². The number of hydrogen-bond acceptors (Lipinski definition) is 2. The first-order valence-corrected chi connectivity index (χ1v) is 7.66. The molecule has 0 aromatic heterocycles. The zero-order valence-corrected chi connectivity index (χ0v) is 12.8. The van der Waals surface area contributed by atoms with Crippen LogP contribution in [-0.4, -0.2) is 11.7 Å². The third-order valence-corrected chi connectivity index (χ3v) is 3.60. The highest BCUT2D eigenvalue weighted by Crippen LogP contribution is 2.34. The quantitative estimate of drug-likeness (QED) is 0.703. The van der Waals surface area contributed by atoms with Gasteiger partial charge >= 0.3 is 0 Å². The van der Waals surface area contributed by atoms with Gasteiger partial charge in [0.15, 0.2) is 0 Å². The Bertz CT molecular complexity index is 709. The molecule has 3 aromatic rings. The van der Waals surface area contributed by atoms with Crippen LogP contribution >= 0.6 is 0 Å². The third kappa shape index (κ3) is 3.68. The average molecular weight is 301 g/mol. The van der Waals surface area contributed by atoms with Gasteiger partial charge in [-0.25, -0.2) is 0 Å². The van der Waals surface area contributed by atoms with E-state index < -0.39 is 0 Å². The van der Waals surface area contributed by atoms with E-state index in [1.807, 2.05) is 42.5 Å². The Morgan fingerprint density at radius 2 is 1.13 bits per heavy atom. The number of hydrogen-bond donors (Lipinski definition) is 1. The van der Waals surface area contributed by atoms with Gasteiger partial charge in [0, 0.05) is 17.1 Å². The summed E-state index contributed by atoms with van der Waals surface area (Å²) in [4.78, 5) is 2.22. The first kappa shape index (κ1) is 15.1. The van der Waals surface area contributed by atoms with Crippen LogP contribution in [0.2, 0.25) is 0 Å². The van der Waals surface area contributed by atoms with E-state index in [0.29, 0.717) is 0 Å². The van der Waals surface area contributed by atoms with E-state index >= 15 is 0 Å². The van der Waals surface area contributed by atoms with E-state index in [2.05, 4.69) is 53.4 Å². The van der Waals surface area contributed by atoms with Crippen LogP contribution in [0.25, 0.3) is 6.08 Å². The van der Waals surface area contributed by atoms with Gasteiger partial charge in [0.05, 0.1) is 6.61 Å². The number of nitrogens with zero attached hydrogens (tertiary/aromatic N) is 1. The molecule has 0 aliphatic rings. The molecule has 0 heterocycles. The van der Waals surface area contributed by atoms with Crippen LogP contribution in [0.3, 0.4) is 0 Å². The zero-order chi connectivity index (χ0) is 15.9. The summed E-state index contributed by atoms with van der Waals surface area (Å²) >= 11 is 0. The lowest BCUT2D eigenvalue weighted by atomic mass is 10.1. The molecule has 0 amide bonds. The van der Waals surface area contributed by atoms with Crippen molar-refractivity contribution in [3.05, 3.63) is 96.6 Å².